The fraction of sp³-hybridized carbons (Fsp3) is 0.316. The summed E-state index contributed by atoms with van der Waals surface area (Å²) in [6.07, 6.45) is -3.48. The molecule has 26 heavy (non-hydrogen) atoms. The molecule has 3 nitrogen and oxygen atoms in total. The third-order valence-corrected chi connectivity index (χ3v) is 5.53. The predicted molar refractivity (Wildman–Crippen MR) is 98.2 cm³/mol. The van der Waals surface area contributed by atoms with Gasteiger partial charge in [0.15, 0.2) is 0 Å². The molecule has 1 N–H and O–H groups in total. The summed E-state index contributed by atoms with van der Waals surface area (Å²) in [6.45, 7) is 2.54. The second-order valence-corrected chi connectivity index (χ2v) is 7.21. The smallest absolute Gasteiger partial charge is 0.308 e. The van der Waals surface area contributed by atoms with Gasteiger partial charge in [-0.3, -0.25) is 0 Å². The minimum Gasteiger partial charge on any atom is -0.308 e. The lowest BCUT2D eigenvalue weighted by Gasteiger charge is -2.25. The first-order chi connectivity index (χ1) is 12.4. The van der Waals surface area contributed by atoms with Crippen molar-refractivity contribution in [3.05, 3.63) is 65.2 Å². The lowest BCUT2D eigenvalue weighted by Crippen LogP contribution is -2.34. The van der Waals surface area contributed by atoms with Gasteiger partial charge in [-0.25, -0.2) is 4.79 Å². The van der Waals surface area contributed by atoms with Gasteiger partial charge in [0.05, 0.1) is 5.56 Å². The van der Waals surface area contributed by atoms with Gasteiger partial charge in [-0.15, -0.1) is 11.8 Å². The van der Waals surface area contributed by atoms with Gasteiger partial charge in [-0.2, -0.15) is 13.2 Å². The van der Waals surface area contributed by atoms with E-state index < -0.39 is 17.1 Å². The van der Waals surface area contributed by atoms with Crippen molar-refractivity contribution in [1.29, 1.82) is 0 Å². The van der Waals surface area contributed by atoms with Crippen LogP contribution in [0.15, 0.2) is 48.5 Å². The second-order valence-electron chi connectivity index (χ2n) is 6.02. The van der Waals surface area contributed by atoms with E-state index in [0.717, 1.165) is 18.6 Å². The molecule has 7 heteroatoms. The van der Waals surface area contributed by atoms with Gasteiger partial charge in [-0.1, -0.05) is 31.2 Å². The van der Waals surface area contributed by atoms with Crippen molar-refractivity contribution in [3.8, 4) is 0 Å². The number of nitrogens with one attached hydrogen (secondary N) is 1. The number of amides is 2. The number of hydrogen-bond acceptors (Lipinski definition) is 2. The first-order valence-electron chi connectivity index (χ1n) is 8.34. The van der Waals surface area contributed by atoms with Gasteiger partial charge < -0.3 is 10.2 Å². The molecule has 1 atom stereocenters. The van der Waals surface area contributed by atoms with E-state index in [2.05, 4.69) is 12.2 Å². The second kappa shape index (κ2) is 7.61. The molecule has 0 aromatic heterocycles. The summed E-state index contributed by atoms with van der Waals surface area (Å²) in [7, 11) is 0. The maximum Gasteiger partial charge on any atom is 0.416 e. The molecule has 3 rings (SSSR count). The summed E-state index contributed by atoms with van der Waals surface area (Å²) < 4.78 is 38.9. The molecule has 2 amide bonds. The van der Waals surface area contributed by atoms with Crippen molar-refractivity contribution in [2.75, 3.05) is 17.6 Å². The van der Waals surface area contributed by atoms with Crippen molar-refractivity contribution in [2.24, 2.45) is 0 Å². The number of urea groups is 1. The van der Waals surface area contributed by atoms with Crippen molar-refractivity contribution in [1.82, 2.24) is 4.90 Å². The number of carbonyl (C=O) groups is 1. The standard InChI is InChI=1S/C19H19F3N2OS/c1-2-13-6-8-16(9-7-13)23-18(25)24-10-11-26-17(24)14-4-3-5-15(12-14)19(20,21)22/h3-9,12,17H,2,10-11H2,1H3,(H,23,25)/t17-/m0/s1. The van der Waals surface area contributed by atoms with Crippen molar-refractivity contribution in [3.63, 3.8) is 0 Å². The number of halogens is 3. The first kappa shape index (κ1) is 18.6. The molecule has 1 saturated heterocycles. The topological polar surface area (TPSA) is 32.3 Å². The molecule has 0 bridgehead atoms. The molecule has 0 saturated carbocycles. The van der Waals surface area contributed by atoms with Crippen LogP contribution in [0.5, 0.6) is 0 Å². The Hall–Kier alpha value is -2.15. The summed E-state index contributed by atoms with van der Waals surface area (Å²) >= 11 is 1.47. The average molecular weight is 380 g/mol. The van der Waals surface area contributed by atoms with Crippen LogP contribution in [0.25, 0.3) is 0 Å². The Kier molecular flexibility index (Phi) is 5.46. The molecule has 0 spiro atoms. The lowest BCUT2D eigenvalue weighted by molar-refractivity contribution is -0.137. The molecular weight excluding hydrogens is 361 g/mol. The zero-order valence-corrected chi connectivity index (χ0v) is 15.0. The summed E-state index contributed by atoms with van der Waals surface area (Å²) in [4.78, 5) is 14.2. The van der Waals surface area contributed by atoms with E-state index >= 15 is 0 Å². The molecular formula is C19H19F3N2OS. The number of carbonyl (C=O) groups excluding carboxylic acids is 1. The zero-order valence-electron chi connectivity index (χ0n) is 14.2. The number of aryl methyl sites for hydroxylation is 1. The lowest BCUT2D eigenvalue weighted by atomic mass is 10.1. The molecule has 1 aliphatic rings. The van der Waals surface area contributed by atoms with Crippen LogP contribution < -0.4 is 5.32 Å². The molecule has 2 aromatic rings. The Morgan fingerprint density at radius 3 is 2.62 bits per heavy atom. The fourth-order valence-corrected chi connectivity index (χ4v) is 4.09. The van der Waals surface area contributed by atoms with Gasteiger partial charge in [0, 0.05) is 18.0 Å². The van der Waals surface area contributed by atoms with Crippen LogP contribution in [0.3, 0.4) is 0 Å². The van der Waals surface area contributed by atoms with Gasteiger partial charge >= 0.3 is 12.2 Å². The number of anilines is 1. The highest BCUT2D eigenvalue weighted by Gasteiger charge is 2.34. The molecule has 1 aliphatic heterocycles. The highest BCUT2D eigenvalue weighted by atomic mass is 32.2. The van der Waals surface area contributed by atoms with Gasteiger partial charge in [0.1, 0.15) is 5.37 Å². The number of rotatable bonds is 3. The summed E-state index contributed by atoms with van der Waals surface area (Å²) in [6, 6.07) is 12.4. The van der Waals surface area contributed by atoms with E-state index in [1.807, 2.05) is 24.3 Å². The SMILES string of the molecule is CCc1ccc(NC(=O)N2CCS[C@H]2c2cccc(C(F)(F)F)c2)cc1. The number of hydrogen-bond donors (Lipinski definition) is 1. The van der Waals surface area contributed by atoms with Crippen LogP contribution >= 0.6 is 11.8 Å². The molecule has 0 aliphatic carbocycles. The van der Waals surface area contributed by atoms with Crippen LogP contribution in [0, 0.1) is 0 Å². The Morgan fingerprint density at radius 2 is 1.96 bits per heavy atom. The minimum atomic E-state index is -4.40. The van der Waals surface area contributed by atoms with Gasteiger partial charge in [0.25, 0.3) is 0 Å². The van der Waals surface area contributed by atoms with E-state index in [1.165, 1.54) is 23.4 Å². The Bertz CT molecular complexity index is 777. The van der Waals surface area contributed by atoms with E-state index in [9.17, 15) is 18.0 Å². The number of benzene rings is 2. The first-order valence-corrected chi connectivity index (χ1v) is 9.38. The van der Waals surface area contributed by atoms with E-state index in [-0.39, 0.29) is 6.03 Å². The molecule has 0 radical (unpaired) electrons. The summed E-state index contributed by atoms with van der Waals surface area (Å²) in [5.74, 6) is 0.684. The zero-order chi connectivity index (χ0) is 18.7. The molecule has 138 valence electrons. The van der Waals surface area contributed by atoms with E-state index in [0.29, 0.717) is 23.5 Å². The molecule has 2 aromatic carbocycles. The van der Waals surface area contributed by atoms with E-state index in [1.54, 1.807) is 11.0 Å². The normalized spacial score (nSPS) is 17.4. The summed E-state index contributed by atoms with van der Waals surface area (Å²) in [5.41, 5.74) is 1.63. The minimum absolute atomic E-state index is 0.304. The van der Waals surface area contributed by atoms with Crippen LogP contribution in [0.4, 0.5) is 23.7 Å². The van der Waals surface area contributed by atoms with Gasteiger partial charge in [-0.05, 0) is 41.8 Å². The van der Waals surface area contributed by atoms with Crippen LogP contribution in [0.2, 0.25) is 0 Å². The highest BCUT2D eigenvalue weighted by Crippen LogP contribution is 2.40. The number of alkyl halides is 3. The number of nitrogens with zero attached hydrogens (tertiary/aromatic N) is 1. The largest absolute Gasteiger partial charge is 0.416 e. The molecule has 0 unspecified atom stereocenters. The van der Waals surface area contributed by atoms with Crippen LogP contribution in [0.1, 0.15) is 29.0 Å². The monoisotopic (exact) mass is 380 g/mol. The molecule has 1 heterocycles. The maximum absolute atomic E-state index is 13.0. The van der Waals surface area contributed by atoms with Crippen LogP contribution in [-0.4, -0.2) is 23.2 Å². The fourth-order valence-electron chi connectivity index (χ4n) is 2.84. The third-order valence-electron chi connectivity index (χ3n) is 4.26. The number of thioether (sulfide) groups is 1. The quantitative estimate of drug-likeness (QED) is 0.757. The Balaban J connectivity index is 1.76. The highest BCUT2D eigenvalue weighted by molar-refractivity contribution is 7.99. The average Bonchev–Trinajstić information content (AvgIpc) is 3.12. The summed E-state index contributed by atoms with van der Waals surface area (Å²) in [5, 5.41) is 2.41. The van der Waals surface area contributed by atoms with Crippen molar-refractivity contribution in [2.45, 2.75) is 24.9 Å². The van der Waals surface area contributed by atoms with Gasteiger partial charge in [0.2, 0.25) is 0 Å². The molecule has 1 fully saturated rings. The Labute approximate surface area is 154 Å². The van der Waals surface area contributed by atoms with Crippen LogP contribution in [-0.2, 0) is 12.6 Å². The maximum atomic E-state index is 13.0. The third kappa shape index (κ3) is 4.15. The van der Waals surface area contributed by atoms with Crippen molar-refractivity contribution < 1.29 is 18.0 Å². The van der Waals surface area contributed by atoms with E-state index in [4.69, 9.17) is 0 Å². The predicted octanol–water partition coefficient (Wildman–Crippen LogP) is 5.55. The Morgan fingerprint density at radius 1 is 1.23 bits per heavy atom. The van der Waals surface area contributed by atoms with Crippen molar-refractivity contribution >= 4 is 23.5 Å².